The van der Waals surface area contributed by atoms with E-state index in [2.05, 4.69) is 22.7 Å². The van der Waals surface area contributed by atoms with Crippen LogP contribution in [0.15, 0.2) is 12.3 Å². The Kier molecular flexibility index (Phi) is 3.56. The monoisotopic (exact) mass is 222 g/mol. The van der Waals surface area contributed by atoms with Crippen molar-refractivity contribution in [3.63, 3.8) is 0 Å². The fraction of sp³-hybridized carbons (Fsp3) is 0.636. The van der Waals surface area contributed by atoms with Gasteiger partial charge in [0.15, 0.2) is 0 Å². The van der Waals surface area contributed by atoms with E-state index < -0.39 is 0 Å². The molecule has 0 bridgehead atoms. The van der Waals surface area contributed by atoms with Crippen molar-refractivity contribution in [1.82, 2.24) is 20.4 Å². The summed E-state index contributed by atoms with van der Waals surface area (Å²) in [5, 5.41) is 10.5. The Labute approximate surface area is 95.2 Å². The summed E-state index contributed by atoms with van der Waals surface area (Å²) in [5.41, 5.74) is 1.19. The summed E-state index contributed by atoms with van der Waals surface area (Å²) < 4.78 is 1.97. The zero-order chi connectivity index (χ0) is 11.4. The van der Waals surface area contributed by atoms with Gasteiger partial charge in [0.05, 0.1) is 5.69 Å². The smallest absolute Gasteiger partial charge is 0.220 e. The predicted molar refractivity (Wildman–Crippen MR) is 60.8 cm³/mol. The van der Waals surface area contributed by atoms with Crippen molar-refractivity contribution in [3.8, 4) is 0 Å². The average molecular weight is 222 g/mol. The fourth-order valence-electron chi connectivity index (χ4n) is 2.00. The highest BCUT2D eigenvalue weighted by atomic mass is 16.1. The Balaban J connectivity index is 1.74. The third-order valence-electron chi connectivity index (χ3n) is 2.89. The van der Waals surface area contributed by atoms with Crippen LogP contribution in [-0.4, -0.2) is 28.3 Å². The van der Waals surface area contributed by atoms with E-state index in [1.54, 1.807) is 0 Å². The van der Waals surface area contributed by atoms with Crippen molar-refractivity contribution in [1.29, 1.82) is 0 Å². The van der Waals surface area contributed by atoms with Crippen LogP contribution in [0.25, 0.3) is 0 Å². The molecule has 1 aliphatic heterocycles. The second-order valence-electron chi connectivity index (χ2n) is 4.07. The summed E-state index contributed by atoms with van der Waals surface area (Å²) in [6.07, 6.45) is 3.43. The highest BCUT2D eigenvalue weighted by Crippen LogP contribution is 2.05. The van der Waals surface area contributed by atoms with Gasteiger partial charge in [-0.15, -0.1) is 0 Å². The minimum atomic E-state index is 0.172. The van der Waals surface area contributed by atoms with E-state index in [-0.39, 0.29) is 5.91 Å². The highest BCUT2D eigenvalue weighted by molar-refractivity contribution is 5.78. The second-order valence-corrected chi connectivity index (χ2v) is 4.07. The van der Waals surface area contributed by atoms with Gasteiger partial charge in [-0.1, -0.05) is 0 Å². The van der Waals surface area contributed by atoms with Crippen LogP contribution in [0.4, 0.5) is 0 Å². The number of hydrogen-bond donors (Lipinski definition) is 2. The summed E-state index contributed by atoms with van der Waals surface area (Å²) >= 11 is 0. The van der Waals surface area contributed by atoms with Crippen LogP contribution >= 0.6 is 0 Å². The normalized spacial score (nSPS) is 20.1. The van der Waals surface area contributed by atoms with Crippen molar-refractivity contribution >= 4 is 5.91 Å². The van der Waals surface area contributed by atoms with Gasteiger partial charge in [-0.2, -0.15) is 5.10 Å². The van der Waals surface area contributed by atoms with Crippen LogP contribution in [-0.2, 0) is 17.9 Å². The van der Waals surface area contributed by atoms with Gasteiger partial charge >= 0.3 is 0 Å². The molecule has 5 nitrogen and oxygen atoms in total. The number of carbonyl (C=O) groups excluding carboxylic acids is 1. The Morgan fingerprint density at radius 1 is 1.69 bits per heavy atom. The third kappa shape index (κ3) is 2.61. The number of carbonyl (C=O) groups is 1. The van der Waals surface area contributed by atoms with Crippen molar-refractivity contribution in [2.24, 2.45) is 0 Å². The van der Waals surface area contributed by atoms with Crippen LogP contribution in [0.5, 0.6) is 0 Å². The molecular formula is C11H18N4O. The highest BCUT2D eigenvalue weighted by Gasteiger charge is 2.19. The SMILES string of the molecule is CCn1nccc1CNCC1CCC(=O)N1. The van der Waals surface area contributed by atoms with E-state index in [4.69, 9.17) is 0 Å². The van der Waals surface area contributed by atoms with Crippen LogP contribution in [0, 0.1) is 0 Å². The van der Waals surface area contributed by atoms with Gasteiger partial charge in [0.25, 0.3) is 0 Å². The lowest BCUT2D eigenvalue weighted by Crippen LogP contribution is -2.35. The number of nitrogens with one attached hydrogen (secondary N) is 2. The zero-order valence-corrected chi connectivity index (χ0v) is 9.57. The fourth-order valence-corrected chi connectivity index (χ4v) is 2.00. The first-order valence-corrected chi connectivity index (χ1v) is 5.80. The van der Waals surface area contributed by atoms with Gasteiger partial charge in [-0.25, -0.2) is 0 Å². The van der Waals surface area contributed by atoms with Crippen molar-refractivity contribution in [2.45, 2.75) is 38.9 Å². The predicted octanol–water partition coefficient (Wildman–Crippen LogP) is 0.271. The molecular weight excluding hydrogens is 204 g/mol. The van der Waals surface area contributed by atoms with E-state index in [1.807, 2.05) is 16.9 Å². The summed E-state index contributed by atoms with van der Waals surface area (Å²) in [6, 6.07) is 2.31. The molecule has 1 atom stereocenters. The number of amides is 1. The molecule has 2 N–H and O–H groups in total. The van der Waals surface area contributed by atoms with Crippen LogP contribution < -0.4 is 10.6 Å². The molecule has 5 heteroatoms. The standard InChI is InChI=1S/C11H18N4O/c1-2-15-10(5-6-13-15)8-12-7-9-3-4-11(16)14-9/h5-6,9,12H,2-4,7-8H2,1H3,(H,14,16). The summed E-state index contributed by atoms with van der Waals surface area (Å²) in [6.45, 7) is 4.61. The van der Waals surface area contributed by atoms with E-state index in [0.29, 0.717) is 12.5 Å². The van der Waals surface area contributed by atoms with Crippen LogP contribution in [0.3, 0.4) is 0 Å². The maximum Gasteiger partial charge on any atom is 0.220 e. The molecule has 2 rings (SSSR count). The lowest BCUT2D eigenvalue weighted by atomic mass is 10.2. The van der Waals surface area contributed by atoms with Gasteiger partial charge < -0.3 is 10.6 Å². The first-order valence-electron chi connectivity index (χ1n) is 5.80. The number of hydrogen-bond acceptors (Lipinski definition) is 3. The molecule has 2 heterocycles. The van der Waals surface area contributed by atoms with E-state index in [1.165, 1.54) is 5.69 Å². The molecule has 1 fully saturated rings. The van der Waals surface area contributed by atoms with Crippen LogP contribution in [0.1, 0.15) is 25.5 Å². The van der Waals surface area contributed by atoms with Gasteiger partial charge in [0.2, 0.25) is 5.91 Å². The molecule has 0 saturated carbocycles. The topological polar surface area (TPSA) is 59.0 Å². The Hall–Kier alpha value is -1.36. The molecule has 0 spiro atoms. The Morgan fingerprint density at radius 2 is 2.56 bits per heavy atom. The average Bonchev–Trinajstić information content (AvgIpc) is 2.87. The number of aryl methyl sites for hydroxylation is 1. The number of aromatic nitrogens is 2. The van der Waals surface area contributed by atoms with E-state index >= 15 is 0 Å². The van der Waals surface area contributed by atoms with E-state index in [0.717, 1.165) is 26.1 Å². The van der Waals surface area contributed by atoms with E-state index in [9.17, 15) is 4.79 Å². The Morgan fingerprint density at radius 3 is 3.25 bits per heavy atom. The molecule has 0 aromatic carbocycles. The molecule has 0 aliphatic carbocycles. The number of nitrogens with zero attached hydrogens (tertiary/aromatic N) is 2. The molecule has 1 unspecified atom stereocenters. The first-order chi connectivity index (χ1) is 7.79. The Bertz CT molecular complexity index is 361. The van der Waals surface area contributed by atoms with Crippen molar-refractivity contribution in [2.75, 3.05) is 6.54 Å². The molecule has 1 aromatic heterocycles. The van der Waals surface area contributed by atoms with Crippen molar-refractivity contribution in [3.05, 3.63) is 18.0 Å². The second kappa shape index (κ2) is 5.12. The molecule has 1 amide bonds. The molecule has 1 saturated heterocycles. The quantitative estimate of drug-likeness (QED) is 0.752. The number of rotatable bonds is 5. The molecule has 16 heavy (non-hydrogen) atoms. The third-order valence-corrected chi connectivity index (χ3v) is 2.89. The summed E-state index contributed by atoms with van der Waals surface area (Å²) in [7, 11) is 0. The van der Waals surface area contributed by atoms with Gasteiger partial charge in [0, 0.05) is 38.3 Å². The lowest BCUT2D eigenvalue weighted by Gasteiger charge is -2.11. The zero-order valence-electron chi connectivity index (χ0n) is 9.57. The van der Waals surface area contributed by atoms with Crippen LogP contribution in [0.2, 0.25) is 0 Å². The van der Waals surface area contributed by atoms with Gasteiger partial charge in [0.1, 0.15) is 0 Å². The maximum absolute atomic E-state index is 11.0. The molecule has 88 valence electrons. The minimum Gasteiger partial charge on any atom is -0.352 e. The van der Waals surface area contributed by atoms with Crippen molar-refractivity contribution < 1.29 is 4.79 Å². The van der Waals surface area contributed by atoms with Gasteiger partial charge in [-0.05, 0) is 19.4 Å². The maximum atomic E-state index is 11.0. The summed E-state index contributed by atoms with van der Waals surface area (Å²) in [5.74, 6) is 0.172. The molecule has 1 aliphatic rings. The largest absolute Gasteiger partial charge is 0.352 e. The summed E-state index contributed by atoms with van der Waals surface area (Å²) in [4.78, 5) is 11.0. The lowest BCUT2D eigenvalue weighted by molar-refractivity contribution is -0.119. The van der Waals surface area contributed by atoms with Gasteiger partial charge in [-0.3, -0.25) is 9.48 Å². The minimum absolute atomic E-state index is 0.172. The molecule has 1 aromatic rings. The first kappa shape index (κ1) is 11.1. The molecule has 0 radical (unpaired) electrons.